The van der Waals surface area contributed by atoms with E-state index in [4.69, 9.17) is 4.74 Å². The predicted octanol–water partition coefficient (Wildman–Crippen LogP) is 2.32. The average molecular weight is 261 g/mol. The molecule has 1 saturated carbocycles. The van der Waals surface area contributed by atoms with Crippen LogP contribution in [0.2, 0.25) is 0 Å². The Morgan fingerprint density at radius 3 is 2.95 bits per heavy atom. The van der Waals surface area contributed by atoms with Crippen LogP contribution in [0.15, 0.2) is 24.5 Å². The van der Waals surface area contributed by atoms with Crippen molar-refractivity contribution < 1.29 is 14.3 Å². The Hall–Kier alpha value is -1.71. The van der Waals surface area contributed by atoms with Crippen molar-refractivity contribution in [2.75, 3.05) is 6.61 Å². The highest BCUT2D eigenvalue weighted by Gasteiger charge is 2.47. The molecule has 0 saturated heterocycles. The summed E-state index contributed by atoms with van der Waals surface area (Å²) in [5, 5.41) is 0. The Labute approximate surface area is 113 Å². The van der Waals surface area contributed by atoms with E-state index in [9.17, 15) is 9.59 Å². The summed E-state index contributed by atoms with van der Waals surface area (Å²) in [6.45, 7) is 2.07. The Morgan fingerprint density at radius 1 is 1.47 bits per heavy atom. The van der Waals surface area contributed by atoms with Crippen LogP contribution in [0.3, 0.4) is 0 Å². The van der Waals surface area contributed by atoms with Gasteiger partial charge in [-0.15, -0.1) is 0 Å². The minimum Gasteiger partial charge on any atom is -0.465 e. The van der Waals surface area contributed by atoms with Gasteiger partial charge in [0.2, 0.25) is 0 Å². The van der Waals surface area contributed by atoms with E-state index in [0.717, 1.165) is 18.4 Å². The lowest BCUT2D eigenvalue weighted by atomic mass is 9.69. The molecule has 1 aliphatic carbocycles. The van der Waals surface area contributed by atoms with Gasteiger partial charge in [0.25, 0.3) is 0 Å². The number of ether oxygens (including phenoxy) is 1. The number of hydrogen-bond donors (Lipinski definition) is 0. The van der Waals surface area contributed by atoms with Crippen molar-refractivity contribution in [2.24, 2.45) is 5.41 Å². The van der Waals surface area contributed by atoms with Crippen molar-refractivity contribution in [2.45, 2.75) is 39.0 Å². The summed E-state index contributed by atoms with van der Waals surface area (Å²) in [5.41, 5.74) is -0.0806. The number of carbonyl (C=O) groups excluding carboxylic acids is 2. The van der Waals surface area contributed by atoms with Crippen LogP contribution in [-0.4, -0.2) is 23.3 Å². The topological polar surface area (TPSA) is 56.3 Å². The third-order valence-electron chi connectivity index (χ3n) is 3.69. The summed E-state index contributed by atoms with van der Waals surface area (Å²) in [7, 11) is 0. The number of Topliss-reactive ketones (excluding diaryl/α,β-unsaturated/α-hetero) is 1. The molecule has 1 atom stereocenters. The maximum atomic E-state index is 12.3. The van der Waals surface area contributed by atoms with E-state index in [0.29, 0.717) is 25.9 Å². The van der Waals surface area contributed by atoms with Gasteiger partial charge in [0, 0.05) is 18.8 Å². The van der Waals surface area contributed by atoms with Crippen LogP contribution in [0.1, 0.15) is 38.2 Å². The van der Waals surface area contributed by atoms with Crippen LogP contribution < -0.4 is 0 Å². The van der Waals surface area contributed by atoms with E-state index >= 15 is 0 Å². The van der Waals surface area contributed by atoms with Crippen molar-refractivity contribution in [1.29, 1.82) is 0 Å². The second kappa shape index (κ2) is 5.95. The molecule has 19 heavy (non-hydrogen) atoms. The lowest BCUT2D eigenvalue weighted by Gasteiger charge is -2.33. The molecule has 1 aliphatic rings. The number of pyridine rings is 1. The van der Waals surface area contributed by atoms with Gasteiger partial charge in [-0.05, 0) is 37.8 Å². The molecule has 1 heterocycles. The fraction of sp³-hybridized carbons (Fsp3) is 0.533. The second-order valence-corrected chi connectivity index (χ2v) is 4.97. The molecule has 1 aromatic heterocycles. The first-order valence-electron chi connectivity index (χ1n) is 6.78. The van der Waals surface area contributed by atoms with Crippen molar-refractivity contribution in [3.63, 3.8) is 0 Å². The molecular formula is C15H19NO3. The van der Waals surface area contributed by atoms with Crippen LogP contribution in [0.25, 0.3) is 0 Å². The number of esters is 1. The van der Waals surface area contributed by atoms with Crippen LogP contribution in [-0.2, 0) is 20.7 Å². The zero-order valence-corrected chi connectivity index (χ0v) is 11.2. The van der Waals surface area contributed by atoms with Gasteiger partial charge in [-0.3, -0.25) is 14.6 Å². The predicted molar refractivity (Wildman–Crippen MR) is 70.5 cm³/mol. The van der Waals surface area contributed by atoms with Crippen molar-refractivity contribution in [1.82, 2.24) is 4.98 Å². The molecule has 0 bridgehead atoms. The fourth-order valence-electron chi connectivity index (χ4n) is 2.69. The molecule has 1 unspecified atom stereocenters. The van der Waals surface area contributed by atoms with Gasteiger partial charge < -0.3 is 4.74 Å². The molecule has 0 amide bonds. The summed E-state index contributed by atoms with van der Waals surface area (Å²) in [4.78, 5) is 28.6. The van der Waals surface area contributed by atoms with Gasteiger partial charge in [-0.2, -0.15) is 0 Å². The van der Waals surface area contributed by atoms with E-state index in [1.165, 1.54) is 0 Å². The van der Waals surface area contributed by atoms with Crippen LogP contribution in [0.4, 0.5) is 0 Å². The molecule has 0 N–H and O–H groups in total. The van der Waals surface area contributed by atoms with E-state index in [1.807, 2.05) is 12.1 Å². The van der Waals surface area contributed by atoms with Gasteiger partial charge >= 0.3 is 5.97 Å². The van der Waals surface area contributed by atoms with E-state index in [-0.39, 0.29) is 11.8 Å². The van der Waals surface area contributed by atoms with Crippen molar-refractivity contribution >= 4 is 11.8 Å². The van der Waals surface area contributed by atoms with Crippen LogP contribution in [0.5, 0.6) is 0 Å². The highest BCUT2D eigenvalue weighted by Crippen LogP contribution is 2.37. The Balaban J connectivity index is 2.28. The monoisotopic (exact) mass is 261 g/mol. The van der Waals surface area contributed by atoms with E-state index in [2.05, 4.69) is 4.98 Å². The number of nitrogens with zero attached hydrogens (tertiary/aromatic N) is 1. The first-order chi connectivity index (χ1) is 9.19. The number of ketones is 1. The maximum Gasteiger partial charge on any atom is 0.319 e. The first kappa shape index (κ1) is 13.7. The largest absolute Gasteiger partial charge is 0.465 e. The Bertz CT molecular complexity index is 458. The highest BCUT2D eigenvalue weighted by atomic mass is 16.5. The molecule has 0 spiro atoms. The molecule has 102 valence electrons. The molecule has 4 nitrogen and oxygen atoms in total. The van der Waals surface area contributed by atoms with Gasteiger partial charge in [-0.1, -0.05) is 12.5 Å². The molecule has 0 aliphatic heterocycles. The number of aromatic nitrogens is 1. The third-order valence-corrected chi connectivity index (χ3v) is 3.69. The third kappa shape index (κ3) is 2.83. The lowest BCUT2D eigenvalue weighted by molar-refractivity contribution is -0.162. The first-order valence-corrected chi connectivity index (χ1v) is 6.78. The standard InChI is InChI=1S/C15H19NO3/c1-2-19-14(18)15(8-4-3-7-13(15)17)10-12-6-5-9-16-11-12/h5-6,9,11H,2-4,7-8,10H2,1H3. The summed E-state index contributed by atoms with van der Waals surface area (Å²) >= 11 is 0. The lowest BCUT2D eigenvalue weighted by Crippen LogP contribution is -2.44. The molecule has 1 fully saturated rings. The minimum absolute atomic E-state index is 0.0149. The van der Waals surface area contributed by atoms with Gasteiger partial charge in [-0.25, -0.2) is 0 Å². The average Bonchev–Trinajstić information content (AvgIpc) is 2.43. The zero-order chi connectivity index (χ0) is 13.7. The smallest absolute Gasteiger partial charge is 0.319 e. The van der Waals surface area contributed by atoms with E-state index < -0.39 is 5.41 Å². The molecular weight excluding hydrogens is 242 g/mol. The van der Waals surface area contributed by atoms with Gasteiger partial charge in [0.1, 0.15) is 5.41 Å². The molecule has 2 rings (SSSR count). The fourth-order valence-corrected chi connectivity index (χ4v) is 2.69. The molecule has 0 radical (unpaired) electrons. The number of hydrogen-bond acceptors (Lipinski definition) is 4. The normalized spacial score (nSPS) is 23.1. The quantitative estimate of drug-likeness (QED) is 0.616. The minimum atomic E-state index is -0.989. The summed E-state index contributed by atoms with van der Waals surface area (Å²) in [5.74, 6) is -0.357. The van der Waals surface area contributed by atoms with E-state index in [1.54, 1.807) is 19.3 Å². The molecule has 0 aromatic carbocycles. The highest BCUT2D eigenvalue weighted by molar-refractivity contribution is 6.04. The summed E-state index contributed by atoms with van der Waals surface area (Å²) < 4.78 is 5.15. The SMILES string of the molecule is CCOC(=O)C1(Cc2cccnc2)CCCCC1=O. The summed E-state index contributed by atoms with van der Waals surface area (Å²) in [6.07, 6.45) is 6.61. The Morgan fingerprint density at radius 2 is 2.32 bits per heavy atom. The Kier molecular flexibility index (Phi) is 4.30. The molecule has 4 heteroatoms. The van der Waals surface area contributed by atoms with Crippen LogP contribution >= 0.6 is 0 Å². The number of rotatable bonds is 4. The van der Waals surface area contributed by atoms with Crippen LogP contribution in [0, 0.1) is 5.41 Å². The molecule has 1 aromatic rings. The summed E-state index contributed by atoms with van der Waals surface area (Å²) in [6, 6.07) is 3.72. The number of carbonyl (C=O) groups is 2. The van der Waals surface area contributed by atoms with Gasteiger partial charge in [0.15, 0.2) is 5.78 Å². The van der Waals surface area contributed by atoms with Crippen molar-refractivity contribution in [3.8, 4) is 0 Å². The van der Waals surface area contributed by atoms with Crippen molar-refractivity contribution in [3.05, 3.63) is 30.1 Å². The zero-order valence-electron chi connectivity index (χ0n) is 11.2. The second-order valence-electron chi connectivity index (χ2n) is 4.97. The maximum absolute atomic E-state index is 12.3. The van der Waals surface area contributed by atoms with Gasteiger partial charge in [0.05, 0.1) is 6.61 Å².